The molecule has 0 spiro atoms. The molecule has 1 aromatic heterocycles. The van der Waals surface area contributed by atoms with Crippen molar-refractivity contribution in [2.75, 3.05) is 26.2 Å². The van der Waals surface area contributed by atoms with E-state index in [1.165, 1.54) is 41.4 Å². The number of para-hydroxylation sites is 1. The number of nitrogens with zero attached hydrogens (tertiary/aromatic N) is 3. The molecule has 150 valence electrons. The van der Waals surface area contributed by atoms with Gasteiger partial charge in [0.2, 0.25) is 5.91 Å². The molecule has 3 aromatic rings. The van der Waals surface area contributed by atoms with Crippen LogP contribution in [0.25, 0.3) is 10.9 Å². The first-order valence-electron chi connectivity index (χ1n) is 10.9. The molecule has 0 bridgehead atoms. The monoisotopic (exact) mass is 387 g/mol. The van der Waals surface area contributed by atoms with Crippen LogP contribution in [0.4, 0.5) is 0 Å². The summed E-state index contributed by atoms with van der Waals surface area (Å²) >= 11 is 0. The maximum absolute atomic E-state index is 12.9. The lowest BCUT2D eigenvalue weighted by atomic mass is 9.90. The van der Waals surface area contributed by atoms with Crippen LogP contribution < -0.4 is 0 Å². The summed E-state index contributed by atoms with van der Waals surface area (Å²) in [4.78, 5) is 17.3. The highest BCUT2D eigenvalue weighted by molar-refractivity contribution is 5.82. The average Bonchev–Trinajstić information content (AvgIpc) is 3.14. The number of hydrogen-bond donors (Lipinski definition) is 0. The maximum Gasteiger partial charge on any atom is 0.237 e. The van der Waals surface area contributed by atoms with Gasteiger partial charge in [-0.1, -0.05) is 48.5 Å². The average molecular weight is 388 g/mol. The molecule has 3 heterocycles. The minimum atomic E-state index is 0.281. The van der Waals surface area contributed by atoms with Gasteiger partial charge in [0, 0.05) is 24.3 Å². The van der Waals surface area contributed by atoms with E-state index in [4.69, 9.17) is 0 Å². The van der Waals surface area contributed by atoms with Crippen LogP contribution in [0.3, 0.4) is 0 Å². The van der Waals surface area contributed by atoms with E-state index in [0.717, 1.165) is 38.6 Å². The van der Waals surface area contributed by atoms with Crippen LogP contribution in [0.15, 0.2) is 60.7 Å². The Morgan fingerprint density at radius 1 is 0.897 bits per heavy atom. The number of amides is 1. The second-order valence-electron chi connectivity index (χ2n) is 8.57. The normalized spacial score (nSPS) is 18.1. The molecule has 5 rings (SSSR count). The summed E-state index contributed by atoms with van der Waals surface area (Å²) in [6.45, 7) is 5.09. The largest absolute Gasteiger partial charge is 0.341 e. The SMILES string of the molecule is O=C(CN1CCC(Cc2ccccc2)CC1)N1CCn2c(cc3ccccc32)C1. The van der Waals surface area contributed by atoms with E-state index in [9.17, 15) is 4.79 Å². The van der Waals surface area contributed by atoms with Crippen LogP contribution >= 0.6 is 0 Å². The zero-order valence-electron chi connectivity index (χ0n) is 17.0. The summed E-state index contributed by atoms with van der Waals surface area (Å²) in [5, 5.41) is 1.28. The molecule has 0 atom stereocenters. The smallest absolute Gasteiger partial charge is 0.237 e. The standard InChI is InChI=1S/C25H29N3O/c29-25(19-26-12-10-21(11-13-26)16-20-6-2-1-3-7-20)27-14-15-28-23(18-27)17-22-8-4-5-9-24(22)28/h1-9,17,21H,10-16,18-19H2. The molecule has 4 nitrogen and oxygen atoms in total. The van der Waals surface area contributed by atoms with Crippen molar-refractivity contribution < 1.29 is 4.79 Å². The minimum absolute atomic E-state index is 0.281. The number of carbonyl (C=O) groups is 1. The lowest BCUT2D eigenvalue weighted by molar-refractivity contribution is -0.134. The first-order valence-corrected chi connectivity index (χ1v) is 10.9. The van der Waals surface area contributed by atoms with Crippen LogP contribution in [0.5, 0.6) is 0 Å². The summed E-state index contributed by atoms with van der Waals surface area (Å²) in [6.07, 6.45) is 3.55. The van der Waals surface area contributed by atoms with Crippen molar-refractivity contribution in [3.63, 3.8) is 0 Å². The third kappa shape index (κ3) is 3.95. The van der Waals surface area contributed by atoms with Gasteiger partial charge in [-0.15, -0.1) is 0 Å². The number of hydrogen-bond acceptors (Lipinski definition) is 2. The molecule has 2 aromatic carbocycles. The number of piperidine rings is 1. The minimum Gasteiger partial charge on any atom is -0.341 e. The molecule has 4 heteroatoms. The summed E-state index contributed by atoms with van der Waals surface area (Å²) in [6, 6.07) is 21.5. The molecular weight excluding hydrogens is 358 g/mol. The number of benzene rings is 2. The highest BCUT2D eigenvalue weighted by Gasteiger charge is 2.26. The molecule has 2 aliphatic heterocycles. The summed E-state index contributed by atoms with van der Waals surface area (Å²) in [5.41, 5.74) is 3.98. The second kappa shape index (κ2) is 8.03. The first kappa shape index (κ1) is 18.4. The fourth-order valence-corrected chi connectivity index (χ4v) is 4.96. The van der Waals surface area contributed by atoms with E-state index in [1.54, 1.807) is 0 Å². The van der Waals surface area contributed by atoms with Gasteiger partial charge >= 0.3 is 0 Å². The Labute approximate surface area is 172 Å². The number of rotatable bonds is 4. The van der Waals surface area contributed by atoms with Gasteiger partial charge in [-0.25, -0.2) is 0 Å². The highest BCUT2D eigenvalue weighted by Crippen LogP contribution is 2.25. The van der Waals surface area contributed by atoms with E-state index in [2.05, 4.69) is 70.1 Å². The zero-order chi connectivity index (χ0) is 19.6. The predicted octanol–water partition coefficient (Wildman–Crippen LogP) is 3.94. The van der Waals surface area contributed by atoms with Gasteiger partial charge in [0.1, 0.15) is 0 Å². The third-order valence-corrected chi connectivity index (χ3v) is 6.63. The molecule has 0 saturated carbocycles. The second-order valence-corrected chi connectivity index (χ2v) is 8.57. The topological polar surface area (TPSA) is 28.5 Å². The molecule has 2 aliphatic rings. The molecule has 1 amide bonds. The van der Waals surface area contributed by atoms with Gasteiger partial charge in [0.25, 0.3) is 0 Å². The summed E-state index contributed by atoms with van der Waals surface area (Å²) in [5.74, 6) is 1.03. The van der Waals surface area contributed by atoms with Crippen molar-refractivity contribution in [1.82, 2.24) is 14.4 Å². The molecule has 0 radical (unpaired) electrons. The van der Waals surface area contributed by atoms with Gasteiger partial charge in [0.15, 0.2) is 0 Å². The molecule has 29 heavy (non-hydrogen) atoms. The van der Waals surface area contributed by atoms with E-state index in [1.807, 2.05) is 4.90 Å². The van der Waals surface area contributed by atoms with Crippen molar-refractivity contribution >= 4 is 16.8 Å². The first-order chi connectivity index (χ1) is 14.3. The van der Waals surface area contributed by atoms with Crippen molar-refractivity contribution in [1.29, 1.82) is 0 Å². The Hall–Kier alpha value is -2.59. The fourth-order valence-electron chi connectivity index (χ4n) is 4.96. The maximum atomic E-state index is 12.9. The van der Waals surface area contributed by atoms with E-state index in [-0.39, 0.29) is 5.91 Å². The number of carbonyl (C=O) groups excluding carboxylic acids is 1. The van der Waals surface area contributed by atoms with Crippen molar-refractivity contribution in [2.24, 2.45) is 5.92 Å². The van der Waals surface area contributed by atoms with Crippen molar-refractivity contribution in [3.05, 3.63) is 71.9 Å². The van der Waals surface area contributed by atoms with E-state index in [0.29, 0.717) is 6.54 Å². The Balaban J connectivity index is 1.15. The van der Waals surface area contributed by atoms with Gasteiger partial charge in [-0.3, -0.25) is 9.69 Å². The quantitative estimate of drug-likeness (QED) is 0.678. The van der Waals surface area contributed by atoms with Crippen LogP contribution in [0.1, 0.15) is 24.1 Å². The van der Waals surface area contributed by atoms with E-state index < -0.39 is 0 Å². The molecular formula is C25H29N3O. The molecule has 0 unspecified atom stereocenters. The summed E-state index contributed by atoms with van der Waals surface area (Å²) in [7, 11) is 0. The Morgan fingerprint density at radius 2 is 1.66 bits per heavy atom. The van der Waals surface area contributed by atoms with Crippen LogP contribution in [-0.4, -0.2) is 46.5 Å². The van der Waals surface area contributed by atoms with Crippen LogP contribution in [0.2, 0.25) is 0 Å². The molecule has 0 N–H and O–H groups in total. The Morgan fingerprint density at radius 3 is 2.48 bits per heavy atom. The molecule has 1 saturated heterocycles. The molecule has 1 fully saturated rings. The Bertz CT molecular complexity index is 986. The van der Waals surface area contributed by atoms with Gasteiger partial charge in [-0.05, 0) is 61.4 Å². The number of aromatic nitrogens is 1. The number of likely N-dealkylation sites (tertiary alicyclic amines) is 1. The third-order valence-electron chi connectivity index (χ3n) is 6.63. The highest BCUT2D eigenvalue weighted by atomic mass is 16.2. The zero-order valence-corrected chi connectivity index (χ0v) is 17.0. The molecule has 0 aliphatic carbocycles. The lowest BCUT2D eigenvalue weighted by Gasteiger charge is -2.34. The predicted molar refractivity (Wildman–Crippen MR) is 117 cm³/mol. The van der Waals surface area contributed by atoms with Crippen molar-refractivity contribution in [3.8, 4) is 0 Å². The fraction of sp³-hybridized carbons (Fsp3) is 0.400. The van der Waals surface area contributed by atoms with Gasteiger partial charge in [-0.2, -0.15) is 0 Å². The summed E-state index contributed by atoms with van der Waals surface area (Å²) < 4.78 is 2.37. The van der Waals surface area contributed by atoms with Gasteiger partial charge < -0.3 is 9.47 Å². The lowest BCUT2D eigenvalue weighted by Crippen LogP contribution is -2.45. The number of fused-ring (bicyclic) bond motifs is 3. The van der Waals surface area contributed by atoms with E-state index >= 15 is 0 Å². The van der Waals surface area contributed by atoms with Crippen LogP contribution in [-0.2, 0) is 24.3 Å². The van der Waals surface area contributed by atoms with Crippen LogP contribution in [0, 0.1) is 5.92 Å². The van der Waals surface area contributed by atoms with Crippen molar-refractivity contribution in [2.45, 2.75) is 32.4 Å². The Kier molecular flexibility index (Phi) is 5.11. The van der Waals surface area contributed by atoms with Gasteiger partial charge in [0.05, 0.1) is 13.1 Å².